The Morgan fingerprint density at radius 2 is 2.00 bits per heavy atom. The van der Waals surface area contributed by atoms with Gasteiger partial charge >= 0.3 is 5.97 Å². The minimum absolute atomic E-state index is 0.108. The zero-order chi connectivity index (χ0) is 13.1. The Labute approximate surface area is 99.4 Å². The van der Waals surface area contributed by atoms with Crippen molar-refractivity contribution < 1.29 is 22.7 Å². The summed E-state index contributed by atoms with van der Waals surface area (Å²) in [6.07, 6.45) is -0.181. The maximum atomic E-state index is 11.3. The summed E-state index contributed by atoms with van der Waals surface area (Å²) < 4.78 is 32.0. The SMILES string of the molecule is COC(=O)Cc1cc(OC)ccc1S(N)(=O)=O. The lowest BCUT2D eigenvalue weighted by atomic mass is 10.1. The summed E-state index contributed by atoms with van der Waals surface area (Å²) in [6, 6.07) is 4.20. The second kappa shape index (κ2) is 5.15. The van der Waals surface area contributed by atoms with Crippen molar-refractivity contribution in [1.29, 1.82) is 0 Å². The van der Waals surface area contributed by atoms with Crippen molar-refractivity contribution >= 4 is 16.0 Å². The molecule has 1 rings (SSSR count). The first-order chi connectivity index (χ1) is 7.88. The van der Waals surface area contributed by atoms with Gasteiger partial charge in [-0.2, -0.15) is 0 Å². The number of sulfonamides is 1. The zero-order valence-corrected chi connectivity index (χ0v) is 10.3. The highest BCUT2D eigenvalue weighted by molar-refractivity contribution is 7.89. The van der Waals surface area contributed by atoms with E-state index in [1.165, 1.54) is 32.4 Å². The van der Waals surface area contributed by atoms with Gasteiger partial charge < -0.3 is 9.47 Å². The Bertz CT molecular complexity index is 523. The summed E-state index contributed by atoms with van der Waals surface area (Å²) in [5, 5.41) is 5.05. The number of ether oxygens (including phenoxy) is 2. The van der Waals surface area contributed by atoms with E-state index < -0.39 is 16.0 Å². The average molecular weight is 259 g/mol. The maximum Gasteiger partial charge on any atom is 0.310 e. The van der Waals surface area contributed by atoms with Crippen molar-refractivity contribution in [3.05, 3.63) is 23.8 Å². The molecule has 0 atom stereocenters. The van der Waals surface area contributed by atoms with Crippen molar-refractivity contribution in [3.63, 3.8) is 0 Å². The fourth-order valence-corrected chi connectivity index (χ4v) is 2.08. The second-order valence-electron chi connectivity index (χ2n) is 3.27. The largest absolute Gasteiger partial charge is 0.497 e. The van der Waals surface area contributed by atoms with E-state index in [4.69, 9.17) is 9.88 Å². The molecule has 0 fully saturated rings. The van der Waals surface area contributed by atoms with Gasteiger partial charge in [-0.25, -0.2) is 13.6 Å². The Kier molecular flexibility index (Phi) is 4.08. The molecule has 6 nitrogen and oxygen atoms in total. The van der Waals surface area contributed by atoms with Gasteiger partial charge in [0.05, 0.1) is 25.5 Å². The van der Waals surface area contributed by atoms with Gasteiger partial charge in [0.25, 0.3) is 0 Å². The lowest BCUT2D eigenvalue weighted by molar-refractivity contribution is -0.139. The van der Waals surface area contributed by atoms with Crippen LogP contribution in [0.4, 0.5) is 0 Å². The van der Waals surface area contributed by atoms with Crippen molar-refractivity contribution in [2.45, 2.75) is 11.3 Å². The summed E-state index contributed by atoms with van der Waals surface area (Å²) >= 11 is 0. The van der Waals surface area contributed by atoms with Gasteiger partial charge in [-0.3, -0.25) is 4.79 Å². The molecule has 2 N–H and O–H groups in total. The molecule has 0 saturated heterocycles. The number of nitrogens with two attached hydrogens (primary N) is 1. The first kappa shape index (κ1) is 13.5. The van der Waals surface area contributed by atoms with Gasteiger partial charge in [0.1, 0.15) is 5.75 Å². The van der Waals surface area contributed by atoms with E-state index in [0.717, 1.165) is 0 Å². The number of esters is 1. The number of rotatable bonds is 4. The highest BCUT2D eigenvalue weighted by Gasteiger charge is 2.17. The van der Waals surface area contributed by atoms with E-state index >= 15 is 0 Å². The van der Waals surface area contributed by atoms with Crippen LogP contribution >= 0.6 is 0 Å². The van der Waals surface area contributed by atoms with E-state index in [1.54, 1.807) is 0 Å². The minimum Gasteiger partial charge on any atom is -0.497 e. The molecule has 0 unspecified atom stereocenters. The van der Waals surface area contributed by atoms with E-state index in [-0.39, 0.29) is 16.9 Å². The molecule has 1 aromatic carbocycles. The number of primary sulfonamides is 1. The molecule has 7 heteroatoms. The number of hydrogen-bond donors (Lipinski definition) is 1. The van der Waals surface area contributed by atoms with Crippen LogP contribution in [0.25, 0.3) is 0 Å². The molecule has 0 aliphatic carbocycles. The third-order valence-corrected chi connectivity index (χ3v) is 3.15. The third kappa shape index (κ3) is 3.43. The number of carbonyl (C=O) groups is 1. The van der Waals surface area contributed by atoms with Crippen LogP contribution in [0.3, 0.4) is 0 Å². The van der Waals surface area contributed by atoms with Crippen LogP contribution in [0, 0.1) is 0 Å². The van der Waals surface area contributed by atoms with Crippen molar-refractivity contribution in [2.75, 3.05) is 14.2 Å². The van der Waals surface area contributed by atoms with E-state index in [9.17, 15) is 13.2 Å². The Hall–Kier alpha value is -1.60. The lowest BCUT2D eigenvalue weighted by Crippen LogP contribution is -2.16. The fraction of sp³-hybridized carbons (Fsp3) is 0.300. The molecular weight excluding hydrogens is 246 g/mol. The lowest BCUT2D eigenvalue weighted by Gasteiger charge is -2.08. The van der Waals surface area contributed by atoms with Crippen LogP contribution in [-0.2, 0) is 26.0 Å². The quantitative estimate of drug-likeness (QED) is 0.771. The average Bonchev–Trinajstić information content (AvgIpc) is 2.27. The highest BCUT2D eigenvalue weighted by atomic mass is 32.2. The van der Waals surface area contributed by atoms with Crippen molar-refractivity contribution in [1.82, 2.24) is 0 Å². The summed E-state index contributed by atoms with van der Waals surface area (Å²) in [4.78, 5) is 11.1. The predicted octanol–water partition coefficient (Wildman–Crippen LogP) is 0.0581. The first-order valence-corrected chi connectivity index (χ1v) is 6.19. The van der Waals surface area contributed by atoms with Crippen LogP contribution in [0.2, 0.25) is 0 Å². The number of methoxy groups -OCH3 is 2. The molecule has 0 aliphatic rings. The van der Waals surface area contributed by atoms with Crippen LogP contribution in [-0.4, -0.2) is 28.6 Å². The molecule has 0 spiro atoms. The van der Waals surface area contributed by atoms with Gasteiger partial charge in [-0.05, 0) is 23.8 Å². The summed E-state index contributed by atoms with van der Waals surface area (Å²) in [7, 11) is -1.22. The normalized spacial score (nSPS) is 11.0. The van der Waals surface area contributed by atoms with Crippen LogP contribution in [0.1, 0.15) is 5.56 Å². The highest BCUT2D eigenvalue weighted by Crippen LogP contribution is 2.21. The monoisotopic (exact) mass is 259 g/mol. The van der Waals surface area contributed by atoms with Crippen LogP contribution in [0.5, 0.6) is 5.75 Å². The Morgan fingerprint density at radius 1 is 1.35 bits per heavy atom. The molecule has 0 heterocycles. The number of hydrogen-bond acceptors (Lipinski definition) is 5. The van der Waals surface area contributed by atoms with Gasteiger partial charge in [-0.15, -0.1) is 0 Å². The van der Waals surface area contributed by atoms with Crippen molar-refractivity contribution in [3.8, 4) is 5.75 Å². The molecule has 0 amide bonds. The number of carbonyl (C=O) groups excluding carboxylic acids is 1. The van der Waals surface area contributed by atoms with E-state index in [0.29, 0.717) is 5.75 Å². The van der Waals surface area contributed by atoms with Gasteiger partial charge in [0.15, 0.2) is 0 Å². The van der Waals surface area contributed by atoms with Gasteiger partial charge in [0, 0.05) is 0 Å². The van der Waals surface area contributed by atoms with Crippen molar-refractivity contribution in [2.24, 2.45) is 5.14 Å². The molecule has 1 aromatic rings. The molecule has 0 aliphatic heterocycles. The molecule has 0 aromatic heterocycles. The fourth-order valence-electron chi connectivity index (χ4n) is 1.33. The molecule has 0 radical (unpaired) electrons. The molecule has 94 valence electrons. The van der Waals surface area contributed by atoms with Gasteiger partial charge in [0.2, 0.25) is 10.0 Å². The Morgan fingerprint density at radius 3 is 2.47 bits per heavy atom. The van der Waals surface area contributed by atoms with Crippen LogP contribution < -0.4 is 9.88 Å². The summed E-state index contributed by atoms with van der Waals surface area (Å²) in [6.45, 7) is 0. The molecule has 0 saturated carbocycles. The Balaban J connectivity index is 3.26. The minimum atomic E-state index is -3.88. The zero-order valence-electron chi connectivity index (χ0n) is 9.47. The molecule has 17 heavy (non-hydrogen) atoms. The van der Waals surface area contributed by atoms with Crippen LogP contribution in [0.15, 0.2) is 23.1 Å². The third-order valence-electron chi connectivity index (χ3n) is 2.14. The number of benzene rings is 1. The van der Waals surface area contributed by atoms with E-state index in [1.807, 2.05) is 0 Å². The van der Waals surface area contributed by atoms with E-state index in [2.05, 4.69) is 4.74 Å². The maximum absolute atomic E-state index is 11.3. The summed E-state index contributed by atoms with van der Waals surface area (Å²) in [5.41, 5.74) is 0.249. The summed E-state index contributed by atoms with van der Waals surface area (Å²) in [5.74, 6) is -0.112. The molecule has 0 bridgehead atoms. The molecular formula is C10H13NO5S. The van der Waals surface area contributed by atoms with Gasteiger partial charge in [-0.1, -0.05) is 0 Å². The standard InChI is InChI=1S/C10H13NO5S/c1-15-8-3-4-9(17(11,13)14)7(5-8)6-10(12)16-2/h3-5H,6H2,1-2H3,(H2,11,13,14). The predicted molar refractivity (Wildman–Crippen MR) is 60.1 cm³/mol. The topological polar surface area (TPSA) is 95.7 Å². The second-order valence-corrected chi connectivity index (χ2v) is 4.80. The smallest absolute Gasteiger partial charge is 0.310 e. The first-order valence-electron chi connectivity index (χ1n) is 4.65.